The number of carbonyl (C=O) groups excluding carboxylic acids is 1. The molecule has 30 heavy (non-hydrogen) atoms. The molecule has 0 unspecified atom stereocenters. The summed E-state index contributed by atoms with van der Waals surface area (Å²) < 4.78 is 37.8. The highest BCUT2D eigenvalue weighted by molar-refractivity contribution is 7.89. The highest BCUT2D eigenvalue weighted by Gasteiger charge is 2.28. The van der Waals surface area contributed by atoms with Crippen molar-refractivity contribution in [2.24, 2.45) is 0 Å². The predicted molar refractivity (Wildman–Crippen MR) is 115 cm³/mol. The Morgan fingerprint density at radius 3 is 2.33 bits per heavy atom. The zero-order chi connectivity index (χ0) is 21.9. The van der Waals surface area contributed by atoms with Crippen molar-refractivity contribution in [2.75, 3.05) is 52.8 Å². The summed E-state index contributed by atoms with van der Waals surface area (Å²) >= 11 is 6.10. The van der Waals surface area contributed by atoms with Crippen LogP contribution in [0.4, 0.5) is 5.69 Å². The van der Waals surface area contributed by atoms with E-state index in [1.54, 1.807) is 18.2 Å². The van der Waals surface area contributed by atoms with Crippen LogP contribution in [0.3, 0.4) is 0 Å². The SMILES string of the molecule is COc1cc(NC(=O)c2cccc(S(=O)(=O)N3CCN(C)CC3)c2)c(OC)cc1Cl. The van der Waals surface area contributed by atoms with Crippen LogP contribution >= 0.6 is 11.6 Å². The number of amides is 1. The van der Waals surface area contributed by atoms with Crippen LogP contribution in [0.5, 0.6) is 11.5 Å². The molecule has 1 fully saturated rings. The van der Waals surface area contributed by atoms with Crippen molar-refractivity contribution in [1.29, 1.82) is 0 Å². The van der Waals surface area contributed by atoms with E-state index in [4.69, 9.17) is 21.1 Å². The fourth-order valence-corrected chi connectivity index (χ4v) is 4.83. The number of ether oxygens (including phenoxy) is 2. The standard InChI is InChI=1S/C20H24ClN3O5S/c1-23-7-9-24(10-8-23)30(26,27)15-6-4-5-14(11-15)20(25)22-17-13-18(28-2)16(21)12-19(17)29-3/h4-6,11-13H,7-10H2,1-3H3,(H,22,25). The number of halogens is 1. The summed E-state index contributed by atoms with van der Waals surface area (Å²) in [5, 5.41) is 3.07. The Morgan fingerprint density at radius 1 is 1.03 bits per heavy atom. The van der Waals surface area contributed by atoms with Gasteiger partial charge in [-0.15, -0.1) is 0 Å². The van der Waals surface area contributed by atoms with Crippen molar-refractivity contribution in [1.82, 2.24) is 9.21 Å². The molecular formula is C20H24ClN3O5S. The van der Waals surface area contributed by atoms with Gasteiger partial charge in [0, 0.05) is 43.9 Å². The van der Waals surface area contributed by atoms with Gasteiger partial charge in [-0.3, -0.25) is 4.79 Å². The van der Waals surface area contributed by atoms with Crippen molar-refractivity contribution < 1.29 is 22.7 Å². The van der Waals surface area contributed by atoms with E-state index in [0.29, 0.717) is 48.4 Å². The van der Waals surface area contributed by atoms with Gasteiger partial charge in [-0.05, 0) is 25.2 Å². The Kier molecular flexibility index (Phi) is 6.87. The molecule has 0 aliphatic carbocycles. The lowest BCUT2D eigenvalue weighted by Crippen LogP contribution is -2.47. The van der Waals surface area contributed by atoms with Crippen LogP contribution < -0.4 is 14.8 Å². The molecule has 10 heteroatoms. The number of sulfonamides is 1. The van der Waals surface area contributed by atoms with Gasteiger partial charge < -0.3 is 19.7 Å². The van der Waals surface area contributed by atoms with E-state index in [1.165, 1.54) is 36.7 Å². The maximum absolute atomic E-state index is 13.0. The smallest absolute Gasteiger partial charge is 0.255 e. The number of rotatable bonds is 6. The summed E-state index contributed by atoms with van der Waals surface area (Å²) in [4.78, 5) is 15.0. The Hall–Kier alpha value is -2.33. The zero-order valence-electron chi connectivity index (χ0n) is 17.0. The van der Waals surface area contributed by atoms with Gasteiger partial charge in [-0.2, -0.15) is 4.31 Å². The van der Waals surface area contributed by atoms with Crippen molar-refractivity contribution in [3.05, 3.63) is 47.0 Å². The third-order valence-corrected chi connectivity index (χ3v) is 7.11. The number of nitrogens with zero attached hydrogens (tertiary/aromatic N) is 2. The molecule has 1 N–H and O–H groups in total. The molecule has 0 radical (unpaired) electrons. The van der Waals surface area contributed by atoms with Crippen molar-refractivity contribution in [2.45, 2.75) is 4.90 Å². The number of methoxy groups -OCH3 is 2. The monoisotopic (exact) mass is 453 g/mol. The lowest BCUT2D eigenvalue weighted by Gasteiger charge is -2.31. The fraction of sp³-hybridized carbons (Fsp3) is 0.350. The van der Waals surface area contributed by atoms with Crippen LogP contribution in [0.25, 0.3) is 0 Å². The lowest BCUT2D eigenvalue weighted by atomic mass is 10.2. The van der Waals surface area contributed by atoms with Gasteiger partial charge in [0.1, 0.15) is 11.5 Å². The minimum Gasteiger partial charge on any atom is -0.495 e. The molecule has 2 aromatic carbocycles. The van der Waals surface area contributed by atoms with Gasteiger partial charge in [0.05, 0.1) is 29.8 Å². The highest BCUT2D eigenvalue weighted by atomic mass is 35.5. The van der Waals surface area contributed by atoms with Crippen LogP contribution in [-0.2, 0) is 10.0 Å². The van der Waals surface area contributed by atoms with Gasteiger partial charge in [0.25, 0.3) is 5.91 Å². The molecule has 0 spiro atoms. The third-order valence-electron chi connectivity index (χ3n) is 4.92. The van der Waals surface area contributed by atoms with E-state index in [0.717, 1.165) is 0 Å². The van der Waals surface area contributed by atoms with Crippen molar-refractivity contribution >= 4 is 33.2 Å². The van der Waals surface area contributed by atoms with E-state index in [1.807, 2.05) is 7.05 Å². The first kappa shape index (κ1) is 22.4. The predicted octanol–water partition coefficient (Wildman–Crippen LogP) is 2.55. The molecule has 2 aromatic rings. The molecule has 0 saturated carbocycles. The third kappa shape index (κ3) is 4.70. The van der Waals surface area contributed by atoms with Crippen LogP contribution in [0.15, 0.2) is 41.3 Å². The van der Waals surface area contributed by atoms with E-state index >= 15 is 0 Å². The van der Waals surface area contributed by atoms with Gasteiger partial charge in [-0.1, -0.05) is 17.7 Å². The largest absolute Gasteiger partial charge is 0.495 e. The summed E-state index contributed by atoms with van der Waals surface area (Å²) in [5.41, 5.74) is 0.567. The molecule has 0 bridgehead atoms. The number of benzene rings is 2. The molecule has 1 amide bonds. The lowest BCUT2D eigenvalue weighted by molar-refractivity contribution is 0.102. The van der Waals surface area contributed by atoms with Crippen LogP contribution in [-0.4, -0.2) is 71.0 Å². The van der Waals surface area contributed by atoms with Gasteiger partial charge >= 0.3 is 0 Å². The molecule has 3 rings (SSSR count). The summed E-state index contributed by atoms with van der Waals surface area (Å²) in [6, 6.07) is 9.06. The maximum atomic E-state index is 13.0. The molecular weight excluding hydrogens is 430 g/mol. The second-order valence-corrected chi connectivity index (χ2v) is 9.22. The summed E-state index contributed by atoms with van der Waals surface area (Å²) in [6.45, 7) is 2.16. The second-order valence-electron chi connectivity index (χ2n) is 6.88. The molecule has 0 aromatic heterocycles. The number of anilines is 1. The number of piperazine rings is 1. The Bertz CT molecular complexity index is 1040. The first-order chi connectivity index (χ1) is 14.3. The fourth-order valence-electron chi connectivity index (χ4n) is 3.13. The van der Waals surface area contributed by atoms with Crippen LogP contribution in [0.2, 0.25) is 5.02 Å². The molecule has 162 valence electrons. The number of carbonyl (C=O) groups is 1. The van der Waals surface area contributed by atoms with E-state index < -0.39 is 15.9 Å². The van der Waals surface area contributed by atoms with E-state index in [9.17, 15) is 13.2 Å². The minimum atomic E-state index is -3.68. The number of nitrogens with one attached hydrogen (secondary N) is 1. The maximum Gasteiger partial charge on any atom is 0.255 e. The van der Waals surface area contributed by atoms with Gasteiger partial charge in [0.2, 0.25) is 10.0 Å². The first-order valence-corrected chi connectivity index (χ1v) is 11.1. The topological polar surface area (TPSA) is 88.2 Å². The number of hydrogen-bond acceptors (Lipinski definition) is 6. The summed E-state index contributed by atoms with van der Waals surface area (Å²) in [5.74, 6) is 0.252. The van der Waals surface area contributed by atoms with Crippen molar-refractivity contribution in [3.8, 4) is 11.5 Å². The highest BCUT2D eigenvalue weighted by Crippen LogP contribution is 2.36. The molecule has 1 aliphatic heterocycles. The quantitative estimate of drug-likeness (QED) is 0.723. The van der Waals surface area contributed by atoms with Crippen molar-refractivity contribution in [3.63, 3.8) is 0 Å². The summed E-state index contributed by atoms with van der Waals surface area (Å²) in [6.07, 6.45) is 0. The molecule has 1 aliphatic rings. The molecule has 0 atom stereocenters. The number of likely N-dealkylation sites (N-methyl/N-ethyl adjacent to an activating group) is 1. The Morgan fingerprint density at radius 2 is 1.70 bits per heavy atom. The second kappa shape index (κ2) is 9.22. The average Bonchev–Trinajstić information content (AvgIpc) is 2.75. The Labute approximate surface area is 181 Å². The average molecular weight is 454 g/mol. The van der Waals surface area contributed by atoms with Crippen LogP contribution in [0, 0.1) is 0 Å². The molecule has 1 saturated heterocycles. The van der Waals surface area contributed by atoms with Gasteiger partial charge in [0.15, 0.2) is 0 Å². The number of hydrogen-bond donors (Lipinski definition) is 1. The first-order valence-electron chi connectivity index (χ1n) is 9.28. The normalized spacial score (nSPS) is 15.6. The van der Waals surface area contributed by atoms with Crippen LogP contribution in [0.1, 0.15) is 10.4 Å². The molecule has 1 heterocycles. The summed E-state index contributed by atoms with van der Waals surface area (Å²) in [7, 11) is 1.19. The zero-order valence-corrected chi connectivity index (χ0v) is 18.6. The minimum absolute atomic E-state index is 0.0837. The van der Waals surface area contributed by atoms with E-state index in [2.05, 4.69) is 10.2 Å². The van der Waals surface area contributed by atoms with Gasteiger partial charge in [-0.25, -0.2) is 8.42 Å². The van der Waals surface area contributed by atoms with E-state index in [-0.39, 0.29) is 10.5 Å². The molecule has 8 nitrogen and oxygen atoms in total. The Balaban J connectivity index is 1.85.